The van der Waals surface area contributed by atoms with Crippen molar-refractivity contribution in [1.82, 2.24) is 0 Å². The Morgan fingerprint density at radius 2 is 1.00 bits per heavy atom. The van der Waals surface area contributed by atoms with Gasteiger partial charge in [0.1, 0.15) is 0 Å². The Bertz CT molecular complexity index is 322. The summed E-state index contributed by atoms with van der Waals surface area (Å²) in [6.07, 6.45) is 0. The van der Waals surface area contributed by atoms with Gasteiger partial charge in [0.05, 0.1) is 0 Å². The molecule has 0 aliphatic heterocycles. The molecule has 0 heterocycles. The maximum Gasteiger partial charge on any atom is 0.480 e. The van der Waals surface area contributed by atoms with Crippen LogP contribution in [0.1, 0.15) is 20.8 Å². The molecule has 0 fully saturated rings. The van der Waals surface area contributed by atoms with Crippen molar-refractivity contribution >= 4 is 33.8 Å². The van der Waals surface area contributed by atoms with Gasteiger partial charge >= 0.3 is 15.9 Å². The predicted molar refractivity (Wildman–Crippen MR) is 64.4 cm³/mol. The lowest BCUT2D eigenvalue weighted by molar-refractivity contribution is -0.139. The fourth-order valence-corrected chi connectivity index (χ4v) is 7.13. The lowest BCUT2D eigenvalue weighted by Gasteiger charge is -2.35. The van der Waals surface area contributed by atoms with E-state index in [1.165, 1.54) is 20.8 Å². The Hall–Kier alpha value is -1.16. The van der Waals surface area contributed by atoms with Crippen LogP contribution < -0.4 is 0 Å². The second kappa shape index (κ2) is 5.45. The third-order valence-electron chi connectivity index (χ3n) is 2.17. The third kappa shape index (κ3) is 4.69. The summed E-state index contributed by atoms with van der Waals surface area (Å²) in [4.78, 5) is 33.2. The van der Waals surface area contributed by atoms with Crippen molar-refractivity contribution < 1.29 is 27.7 Å². The van der Waals surface area contributed by atoms with Gasteiger partial charge < -0.3 is 13.3 Å². The normalized spacial score (nSPS) is 11.6. The Kier molecular flexibility index (Phi) is 5.08. The van der Waals surface area contributed by atoms with E-state index in [1.54, 1.807) is 19.6 Å². The van der Waals surface area contributed by atoms with Crippen molar-refractivity contribution in [2.45, 2.75) is 40.4 Å². The van der Waals surface area contributed by atoms with Gasteiger partial charge in [0.2, 0.25) is 0 Å². The summed E-state index contributed by atoms with van der Waals surface area (Å²) in [5.74, 6) is -1.57. The fraction of sp³-hybridized carbons (Fsp3) is 0.667. The van der Waals surface area contributed by atoms with Crippen molar-refractivity contribution in [3.63, 3.8) is 0 Å². The second-order valence-electron chi connectivity index (χ2n) is 4.24. The molecule has 0 saturated heterocycles. The van der Waals surface area contributed by atoms with Gasteiger partial charge in [-0.2, -0.15) is 0 Å². The van der Waals surface area contributed by atoms with Crippen LogP contribution in [-0.2, 0) is 27.7 Å². The van der Waals surface area contributed by atoms with Crippen molar-refractivity contribution in [2.75, 3.05) is 0 Å². The Morgan fingerprint density at radius 3 is 1.24 bits per heavy atom. The highest BCUT2D eigenvalue weighted by Crippen LogP contribution is 2.23. The molecule has 0 radical (unpaired) electrons. The smallest absolute Gasteiger partial charge is 0.480 e. The van der Waals surface area contributed by atoms with E-state index in [0.717, 1.165) is 0 Å². The van der Waals surface area contributed by atoms with Crippen LogP contribution in [0.5, 0.6) is 0 Å². The number of hydrogen-bond donors (Lipinski definition) is 0. The van der Waals surface area contributed by atoms with E-state index in [4.69, 9.17) is 13.3 Å². The SMILES string of the molecule is CC(=O)O[Si](C)(C)[Si](C)(OC(C)=O)OC(C)=O. The number of carbonyl (C=O) groups is 3. The van der Waals surface area contributed by atoms with E-state index in [2.05, 4.69) is 0 Å². The highest BCUT2D eigenvalue weighted by Gasteiger charge is 2.59. The number of hydrogen-bond acceptors (Lipinski definition) is 6. The maximum atomic E-state index is 11.1. The summed E-state index contributed by atoms with van der Waals surface area (Å²) in [6, 6.07) is 0. The van der Waals surface area contributed by atoms with Gasteiger partial charge in [-0.3, -0.25) is 14.4 Å². The van der Waals surface area contributed by atoms with Crippen molar-refractivity contribution in [2.24, 2.45) is 0 Å². The highest BCUT2D eigenvalue weighted by molar-refractivity contribution is 7.34. The molecule has 0 aliphatic rings. The fourth-order valence-electron chi connectivity index (χ4n) is 1.27. The molecule has 98 valence electrons. The third-order valence-corrected chi connectivity index (χ3v) is 14.0. The van der Waals surface area contributed by atoms with Gasteiger partial charge in [-0.1, -0.05) is 0 Å². The first-order valence-electron chi connectivity index (χ1n) is 5.09. The second-order valence-corrected chi connectivity index (χ2v) is 16.1. The monoisotopic (exact) mass is 278 g/mol. The van der Waals surface area contributed by atoms with Gasteiger partial charge in [-0.05, 0) is 13.1 Å². The molecule has 6 nitrogen and oxygen atoms in total. The van der Waals surface area contributed by atoms with Gasteiger partial charge in [-0.15, -0.1) is 0 Å². The number of rotatable bonds is 4. The maximum absolute atomic E-state index is 11.1. The molecule has 0 N–H and O–H groups in total. The topological polar surface area (TPSA) is 78.9 Å². The Morgan fingerprint density at radius 1 is 0.706 bits per heavy atom. The molecular weight excluding hydrogens is 260 g/mol. The molecule has 0 saturated carbocycles. The van der Waals surface area contributed by atoms with Crippen molar-refractivity contribution in [3.05, 3.63) is 0 Å². The Balaban J connectivity index is 5.20. The quantitative estimate of drug-likeness (QED) is 0.715. The lowest BCUT2D eigenvalue weighted by atomic mass is 10.9. The largest absolute Gasteiger partial charge is 0.514 e. The molecule has 0 aliphatic carbocycles. The summed E-state index contributed by atoms with van der Waals surface area (Å²) in [7, 11) is -5.91. The molecule has 0 aromatic carbocycles. The van der Waals surface area contributed by atoms with Crippen molar-refractivity contribution in [3.8, 4) is 0 Å². The molecule has 8 heteroatoms. The van der Waals surface area contributed by atoms with Crippen LogP contribution in [0.25, 0.3) is 0 Å². The van der Waals surface area contributed by atoms with E-state index < -0.39 is 33.8 Å². The zero-order valence-electron chi connectivity index (χ0n) is 10.9. The van der Waals surface area contributed by atoms with Gasteiger partial charge in [-0.25, -0.2) is 0 Å². The van der Waals surface area contributed by atoms with Gasteiger partial charge in [0.25, 0.3) is 17.9 Å². The first-order chi connectivity index (χ1) is 7.50. The summed E-state index contributed by atoms with van der Waals surface area (Å²) >= 11 is 0. The van der Waals surface area contributed by atoms with E-state index >= 15 is 0 Å². The molecule has 0 rings (SSSR count). The van der Waals surface area contributed by atoms with Crippen LogP contribution >= 0.6 is 0 Å². The van der Waals surface area contributed by atoms with Crippen LogP contribution in [-0.4, -0.2) is 33.8 Å². The molecule has 0 aromatic rings. The van der Waals surface area contributed by atoms with Crippen LogP contribution in [0, 0.1) is 0 Å². The average Bonchev–Trinajstić information content (AvgIpc) is 1.96. The Labute approximate surface area is 102 Å². The summed E-state index contributed by atoms with van der Waals surface area (Å²) < 4.78 is 15.5. The number of carbonyl (C=O) groups excluding carboxylic acids is 3. The van der Waals surface area contributed by atoms with Crippen LogP contribution in [0.3, 0.4) is 0 Å². The standard InChI is InChI=1S/C9H18O6Si2/c1-7(10)13-16(4,5)17(6,14-8(2)11)15-9(3)12/h1-6H3. The van der Waals surface area contributed by atoms with Crippen molar-refractivity contribution in [1.29, 1.82) is 0 Å². The summed E-state index contributed by atoms with van der Waals surface area (Å²) in [5.41, 5.74) is 0. The van der Waals surface area contributed by atoms with Gasteiger partial charge in [0, 0.05) is 27.3 Å². The molecule has 0 spiro atoms. The van der Waals surface area contributed by atoms with Crippen LogP contribution in [0.15, 0.2) is 0 Å². The predicted octanol–water partition coefficient (Wildman–Crippen LogP) is 1.03. The van der Waals surface area contributed by atoms with E-state index in [0.29, 0.717) is 0 Å². The first-order valence-corrected chi connectivity index (χ1v) is 11.3. The molecule has 0 bridgehead atoms. The molecule has 0 unspecified atom stereocenters. The van der Waals surface area contributed by atoms with E-state index in [1.807, 2.05) is 0 Å². The minimum absolute atomic E-state index is 0.473. The minimum Gasteiger partial charge on any atom is -0.514 e. The zero-order chi connectivity index (χ0) is 13.9. The lowest BCUT2D eigenvalue weighted by Crippen LogP contribution is -2.65. The summed E-state index contributed by atoms with van der Waals surface area (Å²) in [5, 5.41) is 0. The molecular formula is C9H18O6Si2. The minimum atomic E-state index is -3.17. The molecule has 17 heavy (non-hydrogen) atoms. The van der Waals surface area contributed by atoms with E-state index in [9.17, 15) is 14.4 Å². The molecule has 0 aromatic heterocycles. The molecule has 0 atom stereocenters. The summed E-state index contributed by atoms with van der Waals surface area (Å²) in [6.45, 7) is 8.66. The average molecular weight is 278 g/mol. The molecule has 0 amide bonds. The van der Waals surface area contributed by atoms with Crippen LogP contribution in [0.4, 0.5) is 0 Å². The van der Waals surface area contributed by atoms with Crippen LogP contribution in [0.2, 0.25) is 19.6 Å². The zero-order valence-corrected chi connectivity index (χ0v) is 12.9. The van der Waals surface area contributed by atoms with E-state index in [-0.39, 0.29) is 0 Å². The first kappa shape index (κ1) is 15.8. The van der Waals surface area contributed by atoms with Gasteiger partial charge in [0.15, 0.2) is 0 Å². The highest BCUT2D eigenvalue weighted by atomic mass is 29.3.